The van der Waals surface area contributed by atoms with Crippen molar-refractivity contribution in [1.29, 1.82) is 0 Å². The molecule has 19 heavy (non-hydrogen) atoms. The Kier molecular flexibility index (Phi) is 3.35. The van der Waals surface area contributed by atoms with Gasteiger partial charge in [-0.25, -0.2) is 8.78 Å². The molecule has 1 aromatic rings. The molecule has 0 radical (unpaired) electrons. The predicted octanol–water partition coefficient (Wildman–Crippen LogP) is 3.03. The number of benzene rings is 1. The van der Waals surface area contributed by atoms with Gasteiger partial charge in [0.05, 0.1) is 12.2 Å². The van der Waals surface area contributed by atoms with Crippen LogP contribution in [0.15, 0.2) is 18.2 Å². The van der Waals surface area contributed by atoms with Crippen LogP contribution in [0.4, 0.5) is 8.78 Å². The molecule has 3 rings (SSSR count). The zero-order valence-corrected chi connectivity index (χ0v) is 10.6. The number of carbonyl (C=O) groups excluding carboxylic acids is 1. The predicted molar refractivity (Wildman–Crippen MR) is 65.7 cm³/mol. The first-order valence-electron chi connectivity index (χ1n) is 6.74. The van der Waals surface area contributed by atoms with E-state index in [-0.39, 0.29) is 35.9 Å². The third kappa shape index (κ3) is 2.68. The van der Waals surface area contributed by atoms with Crippen molar-refractivity contribution in [2.45, 2.75) is 44.3 Å². The number of hydrogen-bond donors (Lipinski definition) is 0. The van der Waals surface area contributed by atoms with Gasteiger partial charge in [0.15, 0.2) is 0 Å². The van der Waals surface area contributed by atoms with Gasteiger partial charge in [0, 0.05) is 12.3 Å². The summed E-state index contributed by atoms with van der Waals surface area (Å²) in [5.41, 5.74) is 0.156. The summed E-state index contributed by atoms with van der Waals surface area (Å²) >= 11 is 0. The van der Waals surface area contributed by atoms with Crippen molar-refractivity contribution in [1.82, 2.24) is 0 Å². The van der Waals surface area contributed by atoms with E-state index in [0.717, 1.165) is 43.9 Å². The average Bonchev–Trinajstić information content (AvgIpc) is 2.72. The zero-order valence-electron chi connectivity index (χ0n) is 10.6. The summed E-state index contributed by atoms with van der Waals surface area (Å²) in [6.07, 6.45) is 3.84. The van der Waals surface area contributed by atoms with Crippen molar-refractivity contribution in [3.8, 4) is 0 Å². The summed E-state index contributed by atoms with van der Waals surface area (Å²) in [4.78, 5) is 12.2. The lowest BCUT2D eigenvalue weighted by atomic mass is 9.88. The van der Waals surface area contributed by atoms with Gasteiger partial charge in [-0.05, 0) is 49.4 Å². The van der Waals surface area contributed by atoms with Crippen molar-refractivity contribution >= 4 is 5.78 Å². The fraction of sp³-hybridized carbons (Fsp3) is 0.533. The van der Waals surface area contributed by atoms with Crippen molar-refractivity contribution in [3.63, 3.8) is 0 Å². The quantitative estimate of drug-likeness (QED) is 0.840. The monoisotopic (exact) mass is 266 g/mol. The third-order valence-corrected chi connectivity index (χ3v) is 4.12. The van der Waals surface area contributed by atoms with Gasteiger partial charge in [0.2, 0.25) is 0 Å². The average molecular weight is 266 g/mol. The molecule has 2 aliphatic heterocycles. The van der Waals surface area contributed by atoms with Gasteiger partial charge in [-0.2, -0.15) is 0 Å². The van der Waals surface area contributed by atoms with Gasteiger partial charge in [-0.15, -0.1) is 0 Å². The van der Waals surface area contributed by atoms with Gasteiger partial charge < -0.3 is 4.74 Å². The van der Waals surface area contributed by atoms with Gasteiger partial charge in [-0.3, -0.25) is 4.79 Å². The van der Waals surface area contributed by atoms with E-state index in [2.05, 4.69) is 0 Å². The molecule has 0 amide bonds. The second kappa shape index (κ2) is 5.00. The number of fused-ring (bicyclic) bond motifs is 2. The molecule has 2 fully saturated rings. The number of ketones is 1. The van der Waals surface area contributed by atoms with Crippen molar-refractivity contribution in [3.05, 3.63) is 35.4 Å². The molecule has 102 valence electrons. The molecule has 2 atom stereocenters. The van der Waals surface area contributed by atoms with Crippen LogP contribution in [0.1, 0.15) is 31.2 Å². The van der Waals surface area contributed by atoms with E-state index in [1.165, 1.54) is 0 Å². The molecule has 2 nitrogen and oxygen atoms in total. The summed E-state index contributed by atoms with van der Waals surface area (Å²) in [6.45, 7) is 0. The standard InChI is InChI=1S/C15H16F2O2/c16-11-1-4-14(17)9(5-11)8-15(18)10-6-12-2-3-13(7-10)19-12/h1,4-5,10,12-13H,2-3,6-8H2. The van der Waals surface area contributed by atoms with Crippen molar-refractivity contribution in [2.75, 3.05) is 0 Å². The van der Waals surface area contributed by atoms with Crippen LogP contribution in [0, 0.1) is 17.6 Å². The third-order valence-electron chi connectivity index (χ3n) is 4.12. The minimum Gasteiger partial charge on any atom is -0.375 e. The highest BCUT2D eigenvalue weighted by atomic mass is 19.1. The molecule has 1 aromatic carbocycles. The highest BCUT2D eigenvalue weighted by molar-refractivity contribution is 5.83. The Hall–Kier alpha value is -1.29. The Bertz CT molecular complexity index is 489. The number of halogens is 2. The fourth-order valence-corrected chi connectivity index (χ4v) is 3.13. The minimum atomic E-state index is -0.509. The lowest BCUT2D eigenvalue weighted by Gasteiger charge is -2.27. The van der Waals surface area contributed by atoms with Crippen LogP contribution < -0.4 is 0 Å². The molecule has 2 aliphatic rings. The van der Waals surface area contributed by atoms with E-state index < -0.39 is 11.6 Å². The van der Waals surface area contributed by atoms with Crippen molar-refractivity contribution < 1.29 is 18.3 Å². The molecule has 0 aliphatic carbocycles. The SMILES string of the molecule is O=C(Cc1cc(F)ccc1F)C1CC2CCC(C1)O2. The zero-order chi connectivity index (χ0) is 13.4. The van der Waals surface area contributed by atoms with Crippen LogP contribution in [0.25, 0.3) is 0 Å². The van der Waals surface area contributed by atoms with Gasteiger partial charge in [-0.1, -0.05) is 0 Å². The Morgan fingerprint density at radius 2 is 1.89 bits per heavy atom. The molecule has 0 N–H and O–H groups in total. The van der Waals surface area contributed by atoms with Crippen LogP contribution in [0.3, 0.4) is 0 Å². The smallest absolute Gasteiger partial charge is 0.140 e. The maximum absolute atomic E-state index is 13.5. The summed E-state index contributed by atoms with van der Waals surface area (Å²) in [6, 6.07) is 3.25. The highest BCUT2D eigenvalue weighted by Crippen LogP contribution is 2.36. The molecule has 0 saturated carbocycles. The maximum atomic E-state index is 13.5. The van der Waals surface area contributed by atoms with Crippen LogP contribution in [-0.2, 0) is 16.0 Å². The van der Waals surface area contributed by atoms with E-state index in [0.29, 0.717) is 0 Å². The van der Waals surface area contributed by atoms with E-state index in [9.17, 15) is 13.6 Å². The lowest BCUT2D eigenvalue weighted by Crippen LogP contribution is -2.31. The Balaban J connectivity index is 1.69. The molecular weight excluding hydrogens is 250 g/mol. The lowest BCUT2D eigenvalue weighted by molar-refractivity contribution is -0.128. The number of hydrogen-bond acceptors (Lipinski definition) is 2. The minimum absolute atomic E-state index is 0.00435. The molecule has 0 aromatic heterocycles. The van der Waals surface area contributed by atoms with E-state index >= 15 is 0 Å². The molecular formula is C15H16F2O2. The molecule has 2 heterocycles. The Morgan fingerprint density at radius 3 is 2.58 bits per heavy atom. The Morgan fingerprint density at radius 1 is 1.21 bits per heavy atom. The fourth-order valence-electron chi connectivity index (χ4n) is 3.13. The first-order chi connectivity index (χ1) is 9.11. The van der Waals surface area contributed by atoms with Crippen LogP contribution in [0.2, 0.25) is 0 Å². The molecule has 4 heteroatoms. The molecule has 0 spiro atoms. The largest absolute Gasteiger partial charge is 0.375 e. The van der Waals surface area contributed by atoms with E-state index in [1.807, 2.05) is 0 Å². The first-order valence-corrected chi connectivity index (χ1v) is 6.74. The summed E-state index contributed by atoms with van der Waals surface area (Å²) in [5, 5.41) is 0. The van der Waals surface area contributed by atoms with Crippen LogP contribution in [0.5, 0.6) is 0 Å². The molecule has 2 saturated heterocycles. The number of Topliss-reactive ketones (excluding diaryl/α,β-unsaturated/α-hetero) is 1. The van der Waals surface area contributed by atoms with Gasteiger partial charge in [0.25, 0.3) is 0 Å². The van der Waals surface area contributed by atoms with E-state index in [1.54, 1.807) is 0 Å². The van der Waals surface area contributed by atoms with Gasteiger partial charge >= 0.3 is 0 Å². The summed E-state index contributed by atoms with van der Waals surface area (Å²) < 4.78 is 32.3. The molecule has 2 unspecified atom stereocenters. The first kappa shape index (κ1) is 12.7. The second-order valence-corrected chi connectivity index (χ2v) is 5.50. The Labute approximate surface area is 110 Å². The van der Waals surface area contributed by atoms with E-state index in [4.69, 9.17) is 4.74 Å². The normalized spacial score (nSPS) is 29.5. The van der Waals surface area contributed by atoms with Crippen LogP contribution >= 0.6 is 0 Å². The molecule has 2 bridgehead atoms. The van der Waals surface area contributed by atoms with Gasteiger partial charge in [0.1, 0.15) is 17.4 Å². The number of carbonyl (C=O) groups is 1. The topological polar surface area (TPSA) is 26.3 Å². The number of rotatable bonds is 3. The van der Waals surface area contributed by atoms with Crippen LogP contribution in [-0.4, -0.2) is 18.0 Å². The highest BCUT2D eigenvalue weighted by Gasteiger charge is 2.37. The maximum Gasteiger partial charge on any atom is 0.140 e. The summed E-state index contributed by atoms with van der Waals surface area (Å²) in [7, 11) is 0. The summed E-state index contributed by atoms with van der Waals surface area (Å²) in [5.74, 6) is -1.07. The second-order valence-electron chi connectivity index (χ2n) is 5.50. The van der Waals surface area contributed by atoms with Crippen molar-refractivity contribution in [2.24, 2.45) is 5.92 Å². The number of ether oxygens (including phenoxy) is 1.